The van der Waals surface area contributed by atoms with E-state index in [0.29, 0.717) is 17.8 Å². The van der Waals surface area contributed by atoms with Gasteiger partial charge in [-0.2, -0.15) is 0 Å². The van der Waals surface area contributed by atoms with E-state index in [2.05, 4.69) is 228 Å². The van der Waals surface area contributed by atoms with E-state index >= 15 is 0 Å². The quantitative estimate of drug-likeness (QED) is 0.168. The second kappa shape index (κ2) is 13.7. The van der Waals surface area contributed by atoms with E-state index in [9.17, 15) is 0 Å². The van der Waals surface area contributed by atoms with Crippen molar-refractivity contribution in [2.24, 2.45) is 17.8 Å². The molecular formula is C61H51N. The Balaban J connectivity index is 1.02. The van der Waals surface area contributed by atoms with Gasteiger partial charge in [0, 0.05) is 17.1 Å². The van der Waals surface area contributed by atoms with Crippen molar-refractivity contribution >= 4 is 28.2 Å². The van der Waals surface area contributed by atoms with Gasteiger partial charge in [0.15, 0.2) is 0 Å². The average molecular weight is 798 g/mol. The van der Waals surface area contributed by atoms with E-state index in [0.717, 1.165) is 23.5 Å². The van der Waals surface area contributed by atoms with E-state index < -0.39 is 5.41 Å². The normalized spacial score (nSPS) is 20.1. The molecule has 0 aromatic heterocycles. The number of rotatable bonds is 5. The summed E-state index contributed by atoms with van der Waals surface area (Å²) in [5.41, 5.74) is 24.8. The van der Waals surface area contributed by atoms with Crippen molar-refractivity contribution < 1.29 is 0 Å². The topological polar surface area (TPSA) is 3.24 Å². The molecule has 300 valence electrons. The maximum Gasteiger partial charge on any atom is 0.0726 e. The van der Waals surface area contributed by atoms with Crippen molar-refractivity contribution in [3.05, 3.63) is 233 Å². The first-order valence-electron chi connectivity index (χ1n) is 22.6. The lowest BCUT2D eigenvalue weighted by Crippen LogP contribution is -2.26. The summed E-state index contributed by atoms with van der Waals surface area (Å²) < 4.78 is 0. The molecule has 0 saturated carbocycles. The first kappa shape index (κ1) is 37.1. The summed E-state index contributed by atoms with van der Waals surface area (Å²) in [5.74, 6) is 1.50. The molecule has 7 aromatic rings. The fraction of sp³-hybridized carbons (Fsp3) is 0.180. The average Bonchev–Trinajstić information content (AvgIpc) is 3.86. The van der Waals surface area contributed by atoms with Crippen LogP contribution in [0.1, 0.15) is 78.6 Å². The SMILES string of the molecule is Cc1cc(N(c2ccc(-c3ccc4c(c3)C3=CC=CCC3C4(C)C)cc2)c2ccc3c(c2)C2(c4ccccc4-c4ccccc42)c2ccccc2-3)ccc1C1=CC=CC(C)C1C. The molecule has 12 rings (SSSR count). The third-order valence-corrected chi connectivity index (χ3v) is 15.5. The summed E-state index contributed by atoms with van der Waals surface area (Å²) in [6.07, 6.45) is 14.9. The van der Waals surface area contributed by atoms with Gasteiger partial charge in [-0.3, -0.25) is 0 Å². The molecule has 1 spiro atoms. The van der Waals surface area contributed by atoms with Crippen molar-refractivity contribution in [2.75, 3.05) is 4.90 Å². The Hall–Kier alpha value is -6.70. The number of hydrogen-bond acceptors (Lipinski definition) is 1. The van der Waals surface area contributed by atoms with Crippen LogP contribution in [0.15, 0.2) is 188 Å². The number of fused-ring (bicyclic) bond motifs is 13. The standard InChI is InChI=1S/C61H51N/c1-38-15-14-20-47(40(38)3)46-32-30-44(35-39(46)2)62(43-28-25-41(26-29-43)42-27-34-55-53(36-42)51-19-6-10-21-54(51)60(55,4)5)45-31-33-52-50-18-9-13-24-58(50)61(59(52)37-45)56-22-11-7-16-48(56)49-17-8-12-23-57(49)61/h6-20,22-38,40,54H,21H2,1-5H3. The van der Waals surface area contributed by atoms with Crippen molar-refractivity contribution in [3.8, 4) is 33.4 Å². The second-order valence-corrected chi connectivity index (χ2v) is 19.0. The first-order chi connectivity index (χ1) is 30.2. The van der Waals surface area contributed by atoms with Crippen LogP contribution in [0.25, 0.3) is 44.5 Å². The van der Waals surface area contributed by atoms with E-state index in [4.69, 9.17) is 0 Å². The highest BCUT2D eigenvalue weighted by molar-refractivity contribution is 5.96. The molecule has 0 N–H and O–H groups in total. The van der Waals surface area contributed by atoms with Crippen LogP contribution >= 0.6 is 0 Å². The highest BCUT2D eigenvalue weighted by atomic mass is 15.1. The van der Waals surface area contributed by atoms with E-state index in [1.165, 1.54) is 89.0 Å². The van der Waals surface area contributed by atoms with Crippen LogP contribution in [0, 0.1) is 24.7 Å². The summed E-state index contributed by atoms with van der Waals surface area (Å²) in [7, 11) is 0. The molecule has 1 nitrogen and oxygen atoms in total. The summed E-state index contributed by atoms with van der Waals surface area (Å²) >= 11 is 0. The lowest BCUT2D eigenvalue weighted by Gasteiger charge is -2.32. The zero-order valence-corrected chi connectivity index (χ0v) is 36.3. The molecule has 0 saturated heterocycles. The monoisotopic (exact) mass is 797 g/mol. The van der Waals surface area contributed by atoms with Crippen molar-refractivity contribution in [2.45, 2.75) is 51.9 Å². The van der Waals surface area contributed by atoms with E-state index in [-0.39, 0.29) is 5.41 Å². The van der Waals surface area contributed by atoms with Gasteiger partial charge in [0.1, 0.15) is 0 Å². The molecule has 0 radical (unpaired) electrons. The number of allylic oxidation sites excluding steroid dienone is 8. The highest BCUT2D eigenvalue weighted by Crippen LogP contribution is 2.63. The number of nitrogens with zero attached hydrogens (tertiary/aromatic N) is 1. The molecule has 5 aliphatic carbocycles. The van der Waals surface area contributed by atoms with Gasteiger partial charge in [0.25, 0.3) is 0 Å². The van der Waals surface area contributed by atoms with Gasteiger partial charge < -0.3 is 4.90 Å². The lowest BCUT2D eigenvalue weighted by molar-refractivity contribution is 0.414. The predicted molar refractivity (Wildman–Crippen MR) is 261 cm³/mol. The Kier molecular flexibility index (Phi) is 8.17. The molecule has 1 heteroatoms. The van der Waals surface area contributed by atoms with E-state index in [1.807, 2.05) is 0 Å². The maximum atomic E-state index is 2.51. The van der Waals surface area contributed by atoms with Crippen molar-refractivity contribution in [3.63, 3.8) is 0 Å². The van der Waals surface area contributed by atoms with Crippen LogP contribution in [0.2, 0.25) is 0 Å². The molecule has 7 aromatic carbocycles. The largest absolute Gasteiger partial charge is 0.310 e. The fourth-order valence-electron chi connectivity index (χ4n) is 12.2. The van der Waals surface area contributed by atoms with Crippen LogP contribution in [-0.4, -0.2) is 0 Å². The molecule has 0 fully saturated rings. The summed E-state index contributed by atoms with van der Waals surface area (Å²) in [6.45, 7) is 11.8. The molecule has 62 heavy (non-hydrogen) atoms. The van der Waals surface area contributed by atoms with Gasteiger partial charge in [-0.15, -0.1) is 0 Å². The minimum Gasteiger partial charge on any atom is -0.310 e. The second-order valence-electron chi connectivity index (χ2n) is 19.0. The van der Waals surface area contributed by atoms with E-state index in [1.54, 1.807) is 0 Å². The number of benzene rings is 7. The van der Waals surface area contributed by atoms with Crippen LogP contribution < -0.4 is 4.90 Å². The highest BCUT2D eigenvalue weighted by Gasteiger charge is 2.51. The van der Waals surface area contributed by atoms with Crippen LogP contribution in [-0.2, 0) is 10.8 Å². The van der Waals surface area contributed by atoms with Crippen LogP contribution in [0.4, 0.5) is 17.1 Å². The number of anilines is 3. The van der Waals surface area contributed by atoms with Crippen LogP contribution in [0.5, 0.6) is 0 Å². The lowest BCUT2D eigenvalue weighted by atomic mass is 9.70. The molecule has 0 aliphatic heterocycles. The summed E-state index contributed by atoms with van der Waals surface area (Å²) in [4.78, 5) is 2.49. The maximum absolute atomic E-state index is 2.51. The third-order valence-electron chi connectivity index (χ3n) is 15.5. The minimum atomic E-state index is -0.414. The number of aryl methyl sites for hydroxylation is 1. The predicted octanol–water partition coefficient (Wildman–Crippen LogP) is 16.0. The first-order valence-corrected chi connectivity index (χ1v) is 22.6. The summed E-state index contributed by atoms with van der Waals surface area (Å²) in [6, 6.07) is 58.1. The fourth-order valence-corrected chi connectivity index (χ4v) is 12.2. The van der Waals surface area contributed by atoms with Gasteiger partial charge >= 0.3 is 0 Å². The zero-order chi connectivity index (χ0) is 41.9. The van der Waals surface area contributed by atoms with Crippen molar-refractivity contribution in [1.82, 2.24) is 0 Å². The third kappa shape index (κ3) is 5.15. The van der Waals surface area contributed by atoms with Gasteiger partial charge in [0.05, 0.1) is 5.41 Å². The molecule has 0 heterocycles. The number of hydrogen-bond donors (Lipinski definition) is 0. The zero-order valence-electron chi connectivity index (χ0n) is 36.3. The minimum absolute atomic E-state index is 0.126. The van der Waals surface area contributed by atoms with Gasteiger partial charge in [-0.25, -0.2) is 0 Å². The van der Waals surface area contributed by atoms with Gasteiger partial charge in [-0.05, 0) is 168 Å². The Morgan fingerprint density at radius 2 is 1.05 bits per heavy atom. The van der Waals surface area contributed by atoms with Crippen molar-refractivity contribution in [1.29, 1.82) is 0 Å². The molecular weight excluding hydrogens is 747 g/mol. The summed E-state index contributed by atoms with van der Waals surface area (Å²) in [5, 5.41) is 0. The molecule has 3 unspecified atom stereocenters. The Morgan fingerprint density at radius 3 is 1.71 bits per heavy atom. The molecule has 0 bridgehead atoms. The Morgan fingerprint density at radius 1 is 0.484 bits per heavy atom. The molecule has 3 atom stereocenters. The smallest absolute Gasteiger partial charge is 0.0726 e. The van der Waals surface area contributed by atoms with Gasteiger partial charge in [-0.1, -0.05) is 173 Å². The molecule has 0 amide bonds. The molecule has 5 aliphatic rings. The van der Waals surface area contributed by atoms with Crippen LogP contribution in [0.3, 0.4) is 0 Å². The Labute approximate surface area is 367 Å². The Bertz CT molecular complexity index is 3060. The van der Waals surface area contributed by atoms with Gasteiger partial charge in [0.2, 0.25) is 0 Å².